The summed E-state index contributed by atoms with van der Waals surface area (Å²) >= 11 is 1.41. The minimum absolute atomic E-state index is 0.209. The van der Waals surface area contributed by atoms with Crippen LogP contribution in [-0.4, -0.2) is 32.0 Å². The largest absolute Gasteiger partial charge is 0.363 e. The van der Waals surface area contributed by atoms with E-state index in [-0.39, 0.29) is 4.90 Å². The second-order valence-corrected chi connectivity index (χ2v) is 6.71. The van der Waals surface area contributed by atoms with Crippen molar-refractivity contribution in [3.8, 4) is 0 Å². The highest BCUT2D eigenvalue weighted by Crippen LogP contribution is 2.30. The first-order valence-corrected chi connectivity index (χ1v) is 8.02. The van der Waals surface area contributed by atoms with Crippen molar-refractivity contribution in [2.75, 3.05) is 17.3 Å². The number of anilines is 2. The quantitative estimate of drug-likeness (QED) is 0.920. The highest BCUT2D eigenvalue weighted by Gasteiger charge is 2.25. The lowest BCUT2D eigenvalue weighted by Gasteiger charge is -2.23. The van der Waals surface area contributed by atoms with Crippen molar-refractivity contribution in [2.45, 2.75) is 11.4 Å². The smallest absolute Gasteiger partial charge is 0.285 e. The second-order valence-electron chi connectivity index (χ2n) is 4.04. The van der Waals surface area contributed by atoms with Gasteiger partial charge in [-0.1, -0.05) is 23.5 Å². The van der Waals surface area contributed by atoms with Crippen LogP contribution in [0.4, 0.5) is 10.8 Å². The minimum Gasteiger partial charge on any atom is -0.363 e. The molecule has 0 atom stereocenters. The predicted octanol–water partition coefficient (Wildman–Crippen LogP) is 1.32. The Morgan fingerprint density at radius 1 is 1.30 bits per heavy atom. The third kappa shape index (κ3) is 2.25. The number of aromatic nitrogens is 2. The Kier molecular flexibility index (Phi) is 3.14. The number of nitrogens with zero attached hydrogens (tertiary/aromatic N) is 4. The summed E-state index contributed by atoms with van der Waals surface area (Å²) in [6, 6.07) is 6.77. The molecule has 0 spiro atoms. The molecule has 2 heterocycles. The van der Waals surface area contributed by atoms with Crippen molar-refractivity contribution in [1.29, 1.82) is 0 Å². The molecule has 104 valence electrons. The van der Waals surface area contributed by atoms with Crippen LogP contribution in [0.15, 0.2) is 33.6 Å². The van der Waals surface area contributed by atoms with Crippen LogP contribution < -0.4 is 10.2 Å². The van der Waals surface area contributed by atoms with Crippen LogP contribution in [0.25, 0.3) is 0 Å². The van der Waals surface area contributed by atoms with Crippen LogP contribution in [0.1, 0.15) is 5.01 Å². The van der Waals surface area contributed by atoms with E-state index in [2.05, 4.69) is 19.9 Å². The van der Waals surface area contributed by atoms with Crippen LogP contribution in [-0.2, 0) is 16.6 Å². The van der Waals surface area contributed by atoms with Crippen LogP contribution >= 0.6 is 11.3 Å². The van der Waals surface area contributed by atoms with Gasteiger partial charge in [0.05, 0.1) is 12.2 Å². The fraction of sp³-hybridized carbons (Fsp3) is 0.182. The summed E-state index contributed by atoms with van der Waals surface area (Å²) in [6.07, 6.45) is 1.32. The van der Waals surface area contributed by atoms with Crippen LogP contribution in [0.5, 0.6) is 0 Å². The summed E-state index contributed by atoms with van der Waals surface area (Å²) in [4.78, 5) is 1.96. The van der Waals surface area contributed by atoms with Gasteiger partial charge in [-0.15, -0.1) is 14.6 Å². The Balaban J connectivity index is 1.95. The van der Waals surface area contributed by atoms with Gasteiger partial charge >= 0.3 is 0 Å². The molecule has 0 radical (unpaired) electrons. The number of benzene rings is 1. The van der Waals surface area contributed by atoms with Gasteiger partial charge in [-0.3, -0.25) is 0 Å². The maximum atomic E-state index is 11.9. The molecule has 3 rings (SSSR count). The molecule has 2 aromatic rings. The third-order valence-corrected chi connectivity index (χ3v) is 4.96. The summed E-state index contributed by atoms with van der Waals surface area (Å²) < 4.78 is 27.3. The van der Waals surface area contributed by atoms with Crippen molar-refractivity contribution in [3.63, 3.8) is 0 Å². The first kappa shape index (κ1) is 13.0. The van der Waals surface area contributed by atoms with Gasteiger partial charge in [0.15, 0.2) is 0 Å². The second kappa shape index (κ2) is 4.84. The molecular weight excluding hydrogens is 298 g/mol. The summed E-state index contributed by atoms with van der Waals surface area (Å²) in [6.45, 7) is 0.426. The van der Waals surface area contributed by atoms with E-state index < -0.39 is 10.0 Å². The van der Waals surface area contributed by atoms with E-state index in [9.17, 15) is 8.42 Å². The Bertz CT molecular complexity index is 769. The zero-order valence-corrected chi connectivity index (χ0v) is 12.1. The maximum absolute atomic E-state index is 11.9. The van der Waals surface area contributed by atoms with Gasteiger partial charge in [-0.2, -0.15) is 8.42 Å². The monoisotopic (exact) mass is 309 g/mol. The molecule has 0 saturated heterocycles. The van der Waals surface area contributed by atoms with Crippen molar-refractivity contribution in [2.24, 2.45) is 4.40 Å². The molecule has 1 aromatic carbocycles. The number of rotatable bonds is 3. The van der Waals surface area contributed by atoms with E-state index in [0.29, 0.717) is 12.2 Å². The standard InChI is InChI=1S/C11H11N5O2S2/c1-12-11-15-14-10(19-11)6-16-7-13-20(17,18)9-5-3-2-4-8(9)16/h2-5,7H,6H2,1H3,(H,12,15). The molecule has 1 aliphatic rings. The molecule has 7 nitrogen and oxygen atoms in total. The van der Waals surface area contributed by atoms with E-state index in [0.717, 1.165) is 10.1 Å². The Hall–Kier alpha value is -2.00. The number of fused-ring (bicyclic) bond motifs is 1. The topological polar surface area (TPSA) is 87.6 Å². The SMILES string of the molecule is CNc1nnc(CN2C=NS(=O)(=O)c3ccccc32)s1. The third-order valence-electron chi connectivity index (χ3n) is 2.76. The van der Waals surface area contributed by atoms with Gasteiger partial charge in [-0.25, -0.2) is 0 Å². The van der Waals surface area contributed by atoms with Crippen molar-refractivity contribution < 1.29 is 8.42 Å². The van der Waals surface area contributed by atoms with Gasteiger partial charge in [0.1, 0.15) is 16.2 Å². The fourth-order valence-electron chi connectivity index (χ4n) is 1.84. The zero-order chi connectivity index (χ0) is 14.2. The van der Waals surface area contributed by atoms with E-state index in [4.69, 9.17) is 0 Å². The number of para-hydroxylation sites is 1. The number of nitrogens with one attached hydrogen (secondary N) is 1. The maximum Gasteiger partial charge on any atom is 0.285 e. The summed E-state index contributed by atoms with van der Waals surface area (Å²) in [5, 5.41) is 12.4. The average molecular weight is 309 g/mol. The lowest BCUT2D eigenvalue weighted by atomic mass is 10.3. The van der Waals surface area contributed by atoms with Crippen LogP contribution in [0, 0.1) is 0 Å². The molecule has 0 fully saturated rings. The van der Waals surface area contributed by atoms with Crippen molar-refractivity contribution in [3.05, 3.63) is 29.3 Å². The minimum atomic E-state index is -3.58. The molecular formula is C11H11N5O2S2. The predicted molar refractivity (Wildman–Crippen MR) is 77.8 cm³/mol. The molecule has 9 heteroatoms. The van der Waals surface area contributed by atoms with E-state index in [1.165, 1.54) is 17.7 Å². The van der Waals surface area contributed by atoms with Crippen molar-refractivity contribution >= 4 is 38.5 Å². The Morgan fingerprint density at radius 2 is 2.10 bits per heavy atom. The van der Waals surface area contributed by atoms with Crippen LogP contribution in [0.3, 0.4) is 0 Å². The first-order chi connectivity index (χ1) is 9.60. The number of hydrogen-bond donors (Lipinski definition) is 1. The highest BCUT2D eigenvalue weighted by molar-refractivity contribution is 7.90. The summed E-state index contributed by atoms with van der Waals surface area (Å²) in [5.74, 6) is 0. The normalized spacial score (nSPS) is 15.9. The summed E-state index contributed by atoms with van der Waals surface area (Å²) in [7, 11) is -1.81. The molecule has 1 N–H and O–H groups in total. The zero-order valence-electron chi connectivity index (χ0n) is 10.5. The van der Waals surface area contributed by atoms with Crippen LogP contribution in [0.2, 0.25) is 0 Å². The van der Waals surface area contributed by atoms with Crippen molar-refractivity contribution in [1.82, 2.24) is 10.2 Å². The first-order valence-electron chi connectivity index (χ1n) is 5.76. The Labute approximate surface area is 120 Å². The lowest BCUT2D eigenvalue weighted by Crippen LogP contribution is -2.26. The molecule has 0 aliphatic carbocycles. The summed E-state index contributed by atoms with van der Waals surface area (Å²) in [5.41, 5.74) is 0.601. The van der Waals surface area contributed by atoms with Gasteiger partial charge in [-0.05, 0) is 12.1 Å². The number of hydrogen-bond acceptors (Lipinski definition) is 7. The van der Waals surface area contributed by atoms with E-state index in [1.807, 2.05) is 0 Å². The molecule has 0 amide bonds. The number of sulfonamides is 1. The fourth-order valence-corrected chi connectivity index (χ4v) is 3.58. The molecule has 1 aliphatic heterocycles. The van der Waals surface area contributed by atoms with E-state index >= 15 is 0 Å². The lowest BCUT2D eigenvalue weighted by molar-refractivity contribution is 0.597. The van der Waals surface area contributed by atoms with Gasteiger partial charge in [0.2, 0.25) is 5.13 Å². The molecule has 1 aromatic heterocycles. The average Bonchev–Trinajstić information content (AvgIpc) is 2.90. The molecule has 0 unspecified atom stereocenters. The molecule has 0 saturated carbocycles. The van der Waals surface area contributed by atoms with Gasteiger partial charge in [0.25, 0.3) is 10.0 Å². The van der Waals surface area contributed by atoms with E-state index in [1.54, 1.807) is 36.2 Å². The van der Waals surface area contributed by atoms with Gasteiger partial charge < -0.3 is 10.2 Å². The Morgan fingerprint density at radius 3 is 2.85 bits per heavy atom. The molecule has 20 heavy (non-hydrogen) atoms. The highest BCUT2D eigenvalue weighted by atomic mass is 32.2. The molecule has 0 bridgehead atoms. The van der Waals surface area contributed by atoms with Gasteiger partial charge in [0, 0.05) is 7.05 Å².